The Balaban J connectivity index is 1.51. The lowest BCUT2D eigenvalue weighted by Gasteiger charge is -2.24. The average Bonchev–Trinajstić information content (AvgIpc) is 2.84. The molecule has 2 aromatic rings. The minimum atomic E-state index is -0.309. The predicted octanol–water partition coefficient (Wildman–Crippen LogP) is 6.66. The summed E-state index contributed by atoms with van der Waals surface area (Å²) in [6.07, 6.45) is 15.5. The van der Waals surface area contributed by atoms with Gasteiger partial charge < -0.3 is 9.47 Å². The van der Waals surface area contributed by atoms with Crippen LogP contribution in [0.5, 0.6) is 0 Å². The summed E-state index contributed by atoms with van der Waals surface area (Å²) in [6.45, 7) is 9.42. The molecule has 0 saturated carbocycles. The zero-order chi connectivity index (χ0) is 24.9. The molecule has 0 atom stereocenters. The zero-order valence-electron chi connectivity index (χ0n) is 21.2. The van der Waals surface area contributed by atoms with Crippen LogP contribution in [0.3, 0.4) is 0 Å². The Morgan fingerprint density at radius 2 is 1.06 bits per heavy atom. The summed E-state index contributed by atoms with van der Waals surface area (Å²) in [7, 11) is 0. The standard InChI is InChI=1S/C28H40N2O4/c1-27(2,21-33-25(31)23-13-11-17-29-19-23)15-9-7-5-6-8-10-16-28(3,4)22-34-26(32)24-14-12-18-30-20-24/h11-14,17-20H,5-10,15-16,21-22H2,1-4H3. The second kappa shape index (κ2) is 13.8. The highest BCUT2D eigenvalue weighted by Crippen LogP contribution is 2.27. The molecule has 0 spiro atoms. The Morgan fingerprint density at radius 1 is 0.676 bits per heavy atom. The number of nitrogens with zero attached hydrogens (tertiary/aromatic N) is 2. The fourth-order valence-electron chi connectivity index (χ4n) is 3.71. The van der Waals surface area contributed by atoms with Crippen molar-refractivity contribution in [1.82, 2.24) is 9.97 Å². The van der Waals surface area contributed by atoms with E-state index >= 15 is 0 Å². The maximum absolute atomic E-state index is 12.1. The van der Waals surface area contributed by atoms with Gasteiger partial charge in [0.1, 0.15) is 0 Å². The van der Waals surface area contributed by atoms with Crippen LogP contribution >= 0.6 is 0 Å². The summed E-state index contributed by atoms with van der Waals surface area (Å²) in [6, 6.07) is 6.92. The van der Waals surface area contributed by atoms with Gasteiger partial charge in [-0.1, -0.05) is 66.2 Å². The third-order valence-electron chi connectivity index (χ3n) is 5.94. The number of aromatic nitrogens is 2. The van der Waals surface area contributed by atoms with Crippen molar-refractivity contribution >= 4 is 11.9 Å². The topological polar surface area (TPSA) is 78.4 Å². The van der Waals surface area contributed by atoms with Crippen LogP contribution in [0.1, 0.15) is 99.8 Å². The van der Waals surface area contributed by atoms with Crippen LogP contribution in [-0.2, 0) is 9.47 Å². The van der Waals surface area contributed by atoms with Crippen molar-refractivity contribution in [2.45, 2.75) is 79.1 Å². The Labute approximate surface area is 204 Å². The summed E-state index contributed by atoms with van der Waals surface area (Å²) in [5.74, 6) is -0.619. The molecule has 186 valence electrons. The molecule has 2 rings (SSSR count). The van der Waals surface area contributed by atoms with Gasteiger partial charge in [-0.3, -0.25) is 9.97 Å². The van der Waals surface area contributed by atoms with Crippen molar-refractivity contribution in [2.75, 3.05) is 13.2 Å². The maximum atomic E-state index is 12.1. The van der Waals surface area contributed by atoms with E-state index in [0.29, 0.717) is 24.3 Å². The number of hydrogen-bond donors (Lipinski definition) is 0. The number of ether oxygens (including phenoxy) is 2. The second-order valence-corrected chi connectivity index (χ2v) is 10.6. The van der Waals surface area contributed by atoms with E-state index in [0.717, 1.165) is 25.7 Å². The smallest absolute Gasteiger partial charge is 0.339 e. The lowest BCUT2D eigenvalue weighted by atomic mass is 9.86. The first-order valence-electron chi connectivity index (χ1n) is 12.3. The molecule has 0 saturated heterocycles. The molecule has 0 aromatic carbocycles. The molecule has 0 fully saturated rings. The minimum Gasteiger partial charge on any atom is -0.461 e. The first kappa shape index (κ1) is 27.5. The van der Waals surface area contributed by atoms with E-state index in [1.165, 1.54) is 38.1 Å². The molecule has 0 amide bonds. The van der Waals surface area contributed by atoms with Gasteiger partial charge >= 0.3 is 11.9 Å². The van der Waals surface area contributed by atoms with Crippen LogP contribution in [0, 0.1) is 10.8 Å². The normalized spacial score (nSPS) is 11.8. The van der Waals surface area contributed by atoms with Crippen LogP contribution in [-0.4, -0.2) is 35.1 Å². The van der Waals surface area contributed by atoms with Gasteiger partial charge in [-0.2, -0.15) is 0 Å². The number of hydrogen-bond acceptors (Lipinski definition) is 6. The van der Waals surface area contributed by atoms with Crippen LogP contribution in [0.25, 0.3) is 0 Å². The average molecular weight is 469 g/mol. The second-order valence-electron chi connectivity index (χ2n) is 10.6. The van der Waals surface area contributed by atoms with Gasteiger partial charge in [-0.25, -0.2) is 9.59 Å². The van der Waals surface area contributed by atoms with E-state index in [-0.39, 0.29) is 22.8 Å². The number of unbranched alkanes of at least 4 members (excludes halogenated alkanes) is 5. The third-order valence-corrected chi connectivity index (χ3v) is 5.94. The van der Waals surface area contributed by atoms with E-state index < -0.39 is 0 Å². The summed E-state index contributed by atoms with van der Waals surface area (Å²) in [4.78, 5) is 32.1. The summed E-state index contributed by atoms with van der Waals surface area (Å²) < 4.78 is 11.0. The van der Waals surface area contributed by atoms with Crippen LogP contribution in [0.15, 0.2) is 49.1 Å². The van der Waals surface area contributed by atoms with Crippen molar-refractivity contribution < 1.29 is 19.1 Å². The largest absolute Gasteiger partial charge is 0.461 e. The van der Waals surface area contributed by atoms with Crippen LogP contribution in [0.2, 0.25) is 0 Å². The van der Waals surface area contributed by atoms with Gasteiger partial charge in [0, 0.05) is 24.8 Å². The third kappa shape index (κ3) is 10.9. The molecule has 0 bridgehead atoms. The highest BCUT2D eigenvalue weighted by Gasteiger charge is 2.22. The minimum absolute atomic E-state index is 0.0326. The highest BCUT2D eigenvalue weighted by molar-refractivity contribution is 5.89. The molecule has 0 N–H and O–H groups in total. The van der Waals surface area contributed by atoms with Crippen molar-refractivity contribution in [3.05, 3.63) is 60.2 Å². The Morgan fingerprint density at radius 3 is 1.41 bits per heavy atom. The van der Waals surface area contributed by atoms with E-state index in [2.05, 4.69) is 37.7 Å². The predicted molar refractivity (Wildman–Crippen MR) is 134 cm³/mol. The highest BCUT2D eigenvalue weighted by atomic mass is 16.5. The van der Waals surface area contributed by atoms with Crippen LogP contribution in [0.4, 0.5) is 0 Å². The number of carbonyl (C=O) groups is 2. The summed E-state index contributed by atoms with van der Waals surface area (Å²) >= 11 is 0. The molecular weight excluding hydrogens is 428 g/mol. The Bertz CT molecular complexity index is 793. The number of rotatable bonds is 15. The molecule has 6 heteroatoms. The van der Waals surface area contributed by atoms with E-state index in [1.54, 1.807) is 36.7 Å². The monoisotopic (exact) mass is 468 g/mol. The molecule has 0 aliphatic rings. The molecule has 0 aliphatic carbocycles. The Hall–Kier alpha value is -2.76. The fraction of sp³-hybridized carbons (Fsp3) is 0.571. The first-order chi connectivity index (χ1) is 16.2. The lowest BCUT2D eigenvalue weighted by Crippen LogP contribution is -2.22. The molecule has 0 radical (unpaired) electrons. The molecule has 0 aliphatic heterocycles. The summed E-state index contributed by atoms with van der Waals surface area (Å²) in [5, 5.41) is 0. The molecule has 2 aromatic heterocycles. The van der Waals surface area contributed by atoms with E-state index in [1.807, 2.05) is 0 Å². The first-order valence-corrected chi connectivity index (χ1v) is 12.3. The molecule has 6 nitrogen and oxygen atoms in total. The van der Waals surface area contributed by atoms with Gasteiger partial charge in [0.2, 0.25) is 0 Å². The molecular formula is C28H40N2O4. The quantitative estimate of drug-likeness (QED) is 0.215. The van der Waals surface area contributed by atoms with E-state index in [9.17, 15) is 9.59 Å². The summed E-state index contributed by atoms with van der Waals surface area (Å²) in [5.41, 5.74) is 0.922. The maximum Gasteiger partial charge on any atom is 0.339 e. The molecule has 34 heavy (non-hydrogen) atoms. The number of carbonyl (C=O) groups excluding carboxylic acids is 2. The van der Waals surface area contributed by atoms with Gasteiger partial charge in [0.05, 0.1) is 24.3 Å². The van der Waals surface area contributed by atoms with Crippen molar-refractivity contribution in [1.29, 1.82) is 0 Å². The van der Waals surface area contributed by atoms with Crippen molar-refractivity contribution in [2.24, 2.45) is 10.8 Å². The lowest BCUT2D eigenvalue weighted by molar-refractivity contribution is 0.0315. The molecule has 0 unspecified atom stereocenters. The SMILES string of the molecule is CC(C)(CCCCCCCCC(C)(C)COC(=O)c1cccnc1)COC(=O)c1cccnc1. The number of pyridine rings is 2. The van der Waals surface area contributed by atoms with E-state index in [4.69, 9.17) is 9.47 Å². The van der Waals surface area contributed by atoms with Crippen LogP contribution < -0.4 is 0 Å². The van der Waals surface area contributed by atoms with Crippen molar-refractivity contribution in [3.8, 4) is 0 Å². The fourth-order valence-corrected chi connectivity index (χ4v) is 3.71. The van der Waals surface area contributed by atoms with Crippen molar-refractivity contribution in [3.63, 3.8) is 0 Å². The van der Waals surface area contributed by atoms with Gasteiger partial charge in [-0.15, -0.1) is 0 Å². The van der Waals surface area contributed by atoms with Gasteiger partial charge in [0.15, 0.2) is 0 Å². The molecule has 2 heterocycles. The van der Waals surface area contributed by atoms with Gasteiger partial charge in [-0.05, 0) is 47.9 Å². The number of esters is 2. The van der Waals surface area contributed by atoms with Gasteiger partial charge in [0.25, 0.3) is 0 Å². The zero-order valence-corrected chi connectivity index (χ0v) is 21.2. The Kier molecular flexibility index (Phi) is 11.2.